The molecule has 6 nitrogen and oxygen atoms in total. The highest BCUT2D eigenvalue weighted by atomic mass is 16.1. The minimum atomic E-state index is -0.275. The molecular weight excluding hydrogens is 350 g/mol. The molecule has 0 saturated heterocycles. The lowest BCUT2D eigenvalue weighted by Crippen LogP contribution is -2.15. The maximum absolute atomic E-state index is 12.3. The summed E-state index contributed by atoms with van der Waals surface area (Å²) in [4.78, 5) is 24.1. The average molecular weight is 371 g/mol. The molecule has 4 rings (SSSR count). The number of carbonyl (C=O) groups is 1. The molecule has 6 heteroatoms. The van der Waals surface area contributed by atoms with Crippen molar-refractivity contribution in [1.82, 2.24) is 15.0 Å². The number of nitrogens with one attached hydrogen (secondary N) is 3. The second kappa shape index (κ2) is 7.92. The highest BCUT2D eigenvalue weighted by Crippen LogP contribution is 2.18. The van der Waals surface area contributed by atoms with Gasteiger partial charge in [-0.05, 0) is 42.7 Å². The first-order chi connectivity index (χ1) is 13.7. The first-order valence-corrected chi connectivity index (χ1v) is 9.18. The van der Waals surface area contributed by atoms with E-state index in [9.17, 15) is 4.79 Å². The van der Waals surface area contributed by atoms with Gasteiger partial charge in [-0.25, -0.2) is 9.97 Å². The van der Waals surface area contributed by atoms with E-state index in [1.54, 1.807) is 6.20 Å². The fourth-order valence-electron chi connectivity index (χ4n) is 3.12. The van der Waals surface area contributed by atoms with Gasteiger partial charge in [0.15, 0.2) is 0 Å². The summed E-state index contributed by atoms with van der Waals surface area (Å²) in [7, 11) is 0. The molecule has 0 aliphatic heterocycles. The zero-order valence-electron chi connectivity index (χ0n) is 15.6. The molecule has 0 saturated carbocycles. The number of H-pyrrole nitrogens is 1. The van der Waals surface area contributed by atoms with Crippen LogP contribution in [0.5, 0.6) is 0 Å². The molecule has 4 aromatic rings. The summed E-state index contributed by atoms with van der Waals surface area (Å²) >= 11 is 0. The third-order valence-electron chi connectivity index (χ3n) is 4.54. The monoisotopic (exact) mass is 371 g/mol. The van der Waals surface area contributed by atoms with Crippen LogP contribution in [0, 0.1) is 6.92 Å². The summed E-state index contributed by atoms with van der Waals surface area (Å²) in [5.41, 5.74) is 4.50. The number of carbonyl (C=O) groups excluding carboxylic acids is 1. The lowest BCUT2D eigenvalue weighted by atomic mass is 10.1. The number of aromatic amines is 1. The number of aryl methyl sites for hydroxylation is 1. The van der Waals surface area contributed by atoms with Crippen molar-refractivity contribution >= 4 is 28.3 Å². The van der Waals surface area contributed by atoms with E-state index in [1.807, 2.05) is 49.5 Å². The first-order valence-electron chi connectivity index (χ1n) is 9.18. The number of hydrogen-bond donors (Lipinski definition) is 3. The molecule has 3 N–H and O–H groups in total. The molecule has 0 bridgehead atoms. The summed E-state index contributed by atoms with van der Waals surface area (Å²) < 4.78 is 0. The van der Waals surface area contributed by atoms with Crippen molar-refractivity contribution in [2.75, 3.05) is 17.2 Å². The zero-order chi connectivity index (χ0) is 19.3. The molecule has 2 heterocycles. The molecule has 0 aliphatic rings. The van der Waals surface area contributed by atoms with Crippen LogP contribution in [0.4, 0.5) is 11.5 Å². The van der Waals surface area contributed by atoms with Gasteiger partial charge < -0.3 is 15.6 Å². The van der Waals surface area contributed by atoms with Crippen molar-refractivity contribution in [2.24, 2.45) is 0 Å². The van der Waals surface area contributed by atoms with E-state index in [0.29, 0.717) is 5.82 Å². The van der Waals surface area contributed by atoms with Crippen LogP contribution in [0.15, 0.2) is 67.1 Å². The van der Waals surface area contributed by atoms with Crippen LogP contribution in [-0.4, -0.2) is 27.4 Å². The SMILES string of the molecule is Cc1cccc(NC(=O)c2cnc(NCCc3c[nH]c4ccccc34)cn2)c1. The third-order valence-corrected chi connectivity index (χ3v) is 4.54. The van der Waals surface area contributed by atoms with E-state index in [0.717, 1.165) is 29.7 Å². The number of aromatic nitrogens is 3. The summed E-state index contributed by atoms with van der Waals surface area (Å²) in [5, 5.41) is 7.32. The lowest BCUT2D eigenvalue weighted by Gasteiger charge is -2.07. The van der Waals surface area contributed by atoms with Crippen LogP contribution in [0.3, 0.4) is 0 Å². The highest BCUT2D eigenvalue weighted by molar-refractivity contribution is 6.02. The molecule has 140 valence electrons. The number of para-hydroxylation sites is 1. The van der Waals surface area contributed by atoms with Crippen molar-refractivity contribution in [3.8, 4) is 0 Å². The lowest BCUT2D eigenvalue weighted by molar-refractivity contribution is 0.102. The Hall–Kier alpha value is -3.67. The molecular formula is C22H21N5O. The fourth-order valence-corrected chi connectivity index (χ4v) is 3.12. The molecule has 2 aromatic heterocycles. The first kappa shape index (κ1) is 17.7. The van der Waals surface area contributed by atoms with E-state index < -0.39 is 0 Å². The Morgan fingerprint density at radius 2 is 1.96 bits per heavy atom. The zero-order valence-corrected chi connectivity index (χ0v) is 15.6. The maximum Gasteiger partial charge on any atom is 0.275 e. The van der Waals surface area contributed by atoms with Gasteiger partial charge in [0.1, 0.15) is 11.5 Å². The van der Waals surface area contributed by atoms with Gasteiger partial charge in [0.25, 0.3) is 5.91 Å². The standard InChI is InChI=1S/C22H21N5O/c1-15-5-4-6-17(11-15)27-22(28)20-13-26-21(14-25-20)23-10-9-16-12-24-19-8-3-2-7-18(16)19/h2-8,11-14,24H,9-10H2,1H3,(H,23,26)(H,27,28). The van der Waals surface area contributed by atoms with Gasteiger partial charge in [-0.15, -0.1) is 0 Å². The quantitative estimate of drug-likeness (QED) is 0.475. The minimum absolute atomic E-state index is 0.275. The predicted molar refractivity (Wildman–Crippen MR) is 112 cm³/mol. The number of fused-ring (bicyclic) bond motifs is 1. The van der Waals surface area contributed by atoms with Gasteiger partial charge in [-0.3, -0.25) is 4.79 Å². The molecule has 0 atom stereocenters. The van der Waals surface area contributed by atoms with E-state index in [2.05, 4.69) is 37.7 Å². The van der Waals surface area contributed by atoms with Gasteiger partial charge >= 0.3 is 0 Å². The number of hydrogen-bond acceptors (Lipinski definition) is 4. The van der Waals surface area contributed by atoms with Gasteiger partial charge in [-0.2, -0.15) is 0 Å². The molecule has 1 amide bonds. The highest BCUT2D eigenvalue weighted by Gasteiger charge is 2.09. The Kier molecular flexibility index (Phi) is 5.01. The van der Waals surface area contributed by atoms with Gasteiger partial charge in [0.2, 0.25) is 0 Å². The van der Waals surface area contributed by atoms with Crippen LogP contribution in [0.1, 0.15) is 21.6 Å². The van der Waals surface area contributed by atoms with Gasteiger partial charge in [0.05, 0.1) is 12.4 Å². The minimum Gasteiger partial charge on any atom is -0.368 e. The fraction of sp³-hybridized carbons (Fsp3) is 0.136. The summed E-state index contributed by atoms with van der Waals surface area (Å²) in [6.45, 7) is 2.71. The Labute approximate surface area is 163 Å². The number of anilines is 2. The second-order valence-electron chi connectivity index (χ2n) is 6.65. The van der Waals surface area contributed by atoms with Gasteiger partial charge in [0, 0.05) is 29.3 Å². The number of benzene rings is 2. The number of amides is 1. The van der Waals surface area contributed by atoms with Crippen LogP contribution in [0.2, 0.25) is 0 Å². The average Bonchev–Trinajstić information content (AvgIpc) is 3.12. The predicted octanol–water partition coefficient (Wildman–Crippen LogP) is 4.17. The van der Waals surface area contributed by atoms with Crippen LogP contribution in [-0.2, 0) is 6.42 Å². The van der Waals surface area contributed by atoms with Crippen molar-refractivity contribution in [3.05, 3.63) is 83.9 Å². The number of rotatable bonds is 6. The van der Waals surface area contributed by atoms with Crippen molar-refractivity contribution in [2.45, 2.75) is 13.3 Å². The number of nitrogens with zero attached hydrogens (tertiary/aromatic N) is 2. The second-order valence-corrected chi connectivity index (χ2v) is 6.65. The maximum atomic E-state index is 12.3. The van der Waals surface area contributed by atoms with Crippen LogP contribution >= 0.6 is 0 Å². The Morgan fingerprint density at radius 3 is 2.79 bits per heavy atom. The largest absolute Gasteiger partial charge is 0.368 e. The molecule has 28 heavy (non-hydrogen) atoms. The van der Waals surface area contributed by atoms with Crippen molar-refractivity contribution in [1.29, 1.82) is 0 Å². The normalized spacial score (nSPS) is 10.8. The molecule has 0 fully saturated rings. The van der Waals surface area contributed by atoms with Crippen molar-refractivity contribution in [3.63, 3.8) is 0 Å². The van der Waals surface area contributed by atoms with Crippen molar-refractivity contribution < 1.29 is 4.79 Å². The molecule has 0 aliphatic carbocycles. The summed E-state index contributed by atoms with van der Waals surface area (Å²) in [6.07, 6.45) is 5.97. The van der Waals surface area contributed by atoms with E-state index in [1.165, 1.54) is 17.1 Å². The molecule has 0 unspecified atom stereocenters. The summed E-state index contributed by atoms with van der Waals surface area (Å²) in [5.74, 6) is 0.371. The Bertz CT molecular complexity index is 1100. The Morgan fingerprint density at radius 1 is 1.07 bits per heavy atom. The van der Waals surface area contributed by atoms with Crippen LogP contribution in [0.25, 0.3) is 10.9 Å². The van der Waals surface area contributed by atoms with Crippen LogP contribution < -0.4 is 10.6 Å². The Balaban J connectivity index is 1.33. The van der Waals surface area contributed by atoms with E-state index in [4.69, 9.17) is 0 Å². The molecule has 0 spiro atoms. The van der Waals surface area contributed by atoms with Gasteiger partial charge in [-0.1, -0.05) is 30.3 Å². The molecule has 0 radical (unpaired) electrons. The van der Waals surface area contributed by atoms with E-state index >= 15 is 0 Å². The smallest absolute Gasteiger partial charge is 0.275 e. The topological polar surface area (TPSA) is 82.7 Å². The molecule has 2 aromatic carbocycles. The summed E-state index contributed by atoms with van der Waals surface area (Å²) in [6, 6.07) is 15.9. The third kappa shape index (κ3) is 4.01. The van der Waals surface area contributed by atoms with E-state index in [-0.39, 0.29) is 11.6 Å².